The van der Waals surface area contributed by atoms with Gasteiger partial charge in [0.1, 0.15) is 0 Å². The van der Waals surface area contributed by atoms with Gasteiger partial charge in [0.25, 0.3) is 0 Å². The number of benzene rings is 1. The van der Waals surface area contributed by atoms with Crippen molar-refractivity contribution in [1.82, 2.24) is 19.9 Å². The molecule has 1 aromatic carbocycles. The second-order valence-corrected chi connectivity index (χ2v) is 6.77. The summed E-state index contributed by atoms with van der Waals surface area (Å²) in [5.74, 6) is -0.706. The van der Waals surface area contributed by atoms with Gasteiger partial charge in [0.05, 0.1) is 23.5 Å². The summed E-state index contributed by atoms with van der Waals surface area (Å²) in [7, 11) is 0. The van der Waals surface area contributed by atoms with E-state index in [1.54, 1.807) is 18.6 Å². The van der Waals surface area contributed by atoms with Crippen LogP contribution in [0.25, 0.3) is 11.3 Å². The summed E-state index contributed by atoms with van der Waals surface area (Å²) in [6, 6.07) is 7.85. The van der Waals surface area contributed by atoms with E-state index in [-0.39, 0.29) is 0 Å². The molecule has 0 spiro atoms. The van der Waals surface area contributed by atoms with Crippen molar-refractivity contribution in [3.05, 3.63) is 59.8 Å². The Labute approximate surface area is 163 Å². The van der Waals surface area contributed by atoms with Gasteiger partial charge in [-0.25, -0.2) is 9.97 Å². The van der Waals surface area contributed by atoms with E-state index >= 15 is 0 Å². The van der Waals surface area contributed by atoms with E-state index < -0.39 is 11.9 Å². The van der Waals surface area contributed by atoms with Crippen LogP contribution in [-0.4, -0.2) is 31.0 Å². The number of carboxylic acid groups (broad SMARTS) is 1. The summed E-state index contributed by atoms with van der Waals surface area (Å²) in [5.41, 5.74) is 5.14. The van der Waals surface area contributed by atoms with Crippen molar-refractivity contribution in [1.29, 1.82) is 0 Å². The third-order valence-electron chi connectivity index (χ3n) is 4.43. The maximum Gasteiger partial charge on any atom is 0.306 e. The van der Waals surface area contributed by atoms with Gasteiger partial charge < -0.3 is 10.4 Å². The summed E-state index contributed by atoms with van der Waals surface area (Å²) in [5, 5.41) is 12.4. The van der Waals surface area contributed by atoms with Crippen LogP contribution in [-0.2, 0) is 11.2 Å². The zero-order chi connectivity index (χ0) is 20.1. The van der Waals surface area contributed by atoms with Crippen LogP contribution in [0.15, 0.2) is 42.9 Å². The maximum atomic E-state index is 11.2. The zero-order valence-corrected chi connectivity index (χ0v) is 16.2. The molecule has 1 atom stereocenters. The minimum Gasteiger partial charge on any atom is -0.481 e. The molecule has 7 heteroatoms. The molecule has 2 heterocycles. The fourth-order valence-corrected chi connectivity index (χ4v) is 2.91. The number of carboxylic acids is 1. The first-order valence-corrected chi connectivity index (χ1v) is 9.17. The predicted octanol–water partition coefficient (Wildman–Crippen LogP) is 3.95. The summed E-state index contributed by atoms with van der Waals surface area (Å²) < 4.78 is 0. The van der Waals surface area contributed by atoms with E-state index in [1.807, 2.05) is 45.0 Å². The van der Waals surface area contributed by atoms with Gasteiger partial charge in [-0.15, -0.1) is 0 Å². The number of nitrogens with one attached hydrogen (secondary N) is 1. The van der Waals surface area contributed by atoms with Crippen molar-refractivity contribution in [2.45, 2.75) is 33.6 Å². The van der Waals surface area contributed by atoms with Crippen molar-refractivity contribution >= 4 is 17.6 Å². The highest BCUT2D eigenvalue weighted by Crippen LogP contribution is 2.24. The molecular weight excluding hydrogens is 354 g/mol. The topological polar surface area (TPSA) is 101 Å². The van der Waals surface area contributed by atoms with Crippen LogP contribution in [0.4, 0.5) is 11.6 Å². The van der Waals surface area contributed by atoms with Crippen LogP contribution in [0.5, 0.6) is 0 Å². The van der Waals surface area contributed by atoms with E-state index in [9.17, 15) is 9.90 Å². The number of anilines is 2. The second kappa shape index (κ2) is 8.56. The summed E-state index contributed by atoms with van der Waals surface area (Å²) in [6.07, 6.45) is 6.00. The van der Waals surface area contributed by atoms with E-state index in [4.69, 9.17) is 0 Å². The average molecular weight is 377 g/mol. The molecule has 1 unspecified atom stereocenters. The minimum absolute atomic E-state index is 0.379. The Bertz CT molecular complexity index is 973. The Morgan fingerprint density at radius 1 is 1.14 bits per heavy atom. The number of carbonyl (C=O) groups is 1. The monoisotopic (exact) mass is 377 g/mol. The van der Waals surface area contributed by atoms with E-state index in [0.29, 0.717) is 24.5 Å². The summed E-state index contributed by atoms with van der Waals surface area (Å²) >= 11 is 0. The fraction of sp³-hybridized carbons (Fsp3) is 0.286. The molecule has 28 heavy (non-hydrogen) atoms. The van der Waals surface area contributed by atoms with Crippen LogP contribution in [0.2, 0.25) is 0 Å². The summed E-state index contributed by atoms with van der Waals surface area (Å²) in [6.45, 7) is 5.78. The maximum absolute atomic E-state index is 11.2. The molecule has 0 aliphatic rings. The molecular formula is C21H23N5O2. The fourth-order valence-electron chi connectivity index (χ4n) is 2.91. The Balaban J connectivity index is 1.81. The highest BCUT2D eigenvalue weighted by atomic mass is 16.4. The molecule has 0 aliphatic carbocycles. The molecule has 3 aromatic rings. The molecule has 0 saturated heterocycles. The lowest BCUT2D eigenvalue weighted by atomic mass is 10.0. The largest absolute Gasteiger partial charge is 0.481 e. The quantitative estimate of drug-likeness (QED) is 0.643. The van der Waals surface area contributed by atoms with Gasteiger partial charge in [0.2, 0.25) is 5.95 Å². The van der Waals surface area contributed by atoms with E-state index in [0.717, 1.165) is 28.2 Å². The molecule has 0 amide bonds. The highest BCUT2D eigenvalue weighted by molar-refractivity contribution is 5.70. The molecule has 0 saturated carbocycles. The molecule has 0 radical (unpaired) electrons. The Hall–Kier alpha value is -3.35. The molecule has 7 nitrogen and oxygen atoms in total. The van der Waals surface area contributed by atoms with Crippen LogP contribution in [0, 0.1) is 19.8 Å². The average Bonchev–Trinajstić information content (AvgIpc) is 2.66. The highest BCUT2D eigenvalue weighted by Gasteiger charge is 2.16. The van der Waals surface area contributed by atoms with Gasteiger partial charge in [-0.1, -0.05) is 6.92 Å². The van der Waals surface area contributed by atoms with Crippen molar-refractivity contribution in [3.8, 4) is 11.3 Å². The first kappa shape index (κ1) is 19.4. The zero-order valence-electron chi connectivity index (χ0n) is 16.2. The van der Waals surface area contributed by atoms with Crippen LogP contribution in [0.1, 0.15) is 30.3 Å². The third-order valence-corrected chi connectivity index (χ3v) is 4.43. The SMILES string of the molecule is CCC(Cc1cnc(-c2cc(C)cc(Nc3nccc(C)n3)c2)cn1)C(=O)O. The van der Waals surface area contributed by atoms with Crippen molar-refractivity contribution in [3.63, 3.8) is 0 Å². The molecule has 144 valence electrons. The number of rotatable bonds is 7. The van der Waals surface area contributed by atoms with Crippen LogP contribution in [0.3, 0.4) is 0 Å². The second-order valence-electron chi connectivity index (χ2n) is 6.77. The number of nitrogens with zero attached hydrogens (tertiary/aromatic N) is 4. The van der Waals surface area contributed by atoms with Crippen molar-refractivity contribution in [2.75, 3.05) is 5.32 Å². The lowest BCUT2D eigenvalue weighted by Gasteiger charge is -2.11. The number of aliphatic carboxylic acids is 1. The third kappa shape index (κ3) is 4.88. The van der Waals surface area contributed by atoms with Crippen molar-refractivity contribution in [2.24, 2.45) is 5.92 Å². The Morgan fingerprint density at radius 3 is 2.61 bits per heavy atom. The molecule has 0 aliphatic heterocycles. The number of hydrogen-bond acceptors (Lipinski definition) is 6. The van der Waals surface area contributed by atoms with Gasteiger partial charge >= 0.3 is 5.97 Å². The number of aryl methyl sites for hydroxylation is 2. The minimum atomic E-state index is -0.804. The number of aromatic nitrogens is 4. The Morgan fingerprint density at radius 2 is 1.96 bits per heavy atom. The standard InChI is InChI=1S/C21H23N5O2/c1-4-15(20(27)28)9-18-11-24-19(12-23-18)16-7-13(2)8-17(10-16)26-21-22-6-5-14(3)25-21/h5-8,10-12,15H,4,9H2,1-3H3,(H,27,28)(H,22,25,26). The molecule has 2 aromatic heterocycles. The molecule has 0 bridgehead atoms. The lowest BCUT2D eigenvalue weighted by Crippen LogP contribution is -2.16. The van der Waals surface area contributed by atoms with E-state index in [2.05, 4.69) is 25.3 Å². The van der Waals surface area contributed by atoms with Gasteiger partial charge in [0, 0.05) is 35.8 Å². The molecule has 2 N–H and O–H groups in total. The van der Waals surface area contributed by atoms with E-state index in [1.165, 1.54) is 0 Å². The van der Waals surface area contributed by atoms with Gasteiger partial charge in [0.15, 0.2) is 0 Å². The van der Waals surface area contributed by atoms with Crippen molar-refractivity contribution < 1.29 is 9.90 Å². The van der Waals surface area contributed by atoms with Gasteiger partial charge in [-0.3, -0.25) is 14.8 Å². The first-order valence-electron chi connectivity index (χ1n) is 9.17. The number of hydrogen-bond donors (Lipinski definition) is 2. The smallest absolute Gasteiger partial charge is 0.306 e. The van der Waals surface area contributed by atoms with Gasteiger partial charge in [-0.2, -0.15) is 0 Å². The Kier molecular flexibility index (Phi) is 5.93. The normalized spacial score (nSPS) is 11.8. The predicted molar refractivity (Wildman–Crippen MR) is 107 cm³/mol. The lowest BCUT2D eigenvalue weighted by molar-refractivity contribution is -0.141. The summed E-state index contributed by atoms with van der Waals surface area (Å²) in [4.78, 5) is 28.7. The van der Waals surface area contributed by atoms with Crippen LogP contribution < -0.4 is 5.32 Å². The molecule has 3 rings (SSSR count). The van der Waals surface area contributed by atoms with Crippen LogP contribution >= 0.6 is 0 Å². The molecule has 0 fully saturated rings. The first-order chi connectivity index (χ1) is 13.4. The van der Waals surface area contributed by atoms with Gasteiger partial charge in [-0.05, 0) is 50.1 Å².